The number of rotatable bonds is 4. The fourth-order valence-corrected chi connectivity index (χ4v) is 4.47. The van der Waals surface area contributed by atoms with E-state index in [1.807, 2.05) is 66.9 Å². The van der Waals surface area contributed by atoms with E-state index in [0.717, 1.165) is 16.3 Å². The first-order valence-electron chi connectivity index (χ1n) is 10.4. The normalized spacial score (nSPS) is 13.9. The van der Waals surface area contributed by atoms with Gasteiger partial charge in [-0.05, 0) is 24.3 Å². The highest BCUT2D eigenvalue weighted by molar-refractivity contribution is 7.13. The Balaban J connectivity index is 1.23. The van der Waals surface area contributed by atoms with Crippen molar-refractivity contribution in [2.45, 2.75) is 0 Å². The first-order valence-corrected chi connectivity index (χ1v) is 11.3. The van der Waals surface area contributed by atoms with E-state index < -0.39 is 0 Å². The molecule has 0 saturated carbocycles. The Kier molecular flexibility index (Phi) is 5.51. The molecule has 3 heterocycles. The quantitative estimate of drug-likeness (QED) is 0.483. The van der Waals surface area contributed by atoms with Crippen LogP contribution in [-0.4, -0.2) is 62.6 Å². The van der Waals surface area contributed by atoms with Crippen molar-refractivity contribution in [2.75, 3.05) is 26.2 Å². The molecule has 2 aromatic carbocycles. The minimum absolute atomic E-state index is 0.00377. The molecule has 8 heteroatoms. The number of carbonyl (C=O) groups is 2. The lowest BCUT2D eigenvalue weighted by Crippen LogP contribution is -2.50. The van der Waals surface area contributed by atoms with Crippen LogP contribution in [0.25, 0.3) is 16.3 Å². The molecule has 0 spiro atoms. The summed E-state index contributed by atoms with van der Waals surface area (Å²) in [5.41, 5.74) is 2.94. The summed E-state index contributed by atoms with van der Waals surface area (Å²) in [4.78, 5) is 33.7. The zero-order valence-electron chi connectivity index (χ0n) is 17.3. The summed E-state index contributed by atoms with van der Waals surface area (Å²) in [6, 6.07) is 19.1. The van der Waals surface area contributed by atoms with Crippen LogP contribution in [0.1, 0.15) is 20.8 Å². The lowest BCUT2D eigenvalue weighted by Gasteiger charge is -2.34. The van der Waals surface area contributed by atoms with E-state index in [4.69, 9.17) is 0 Å². The van der Waals surface area contributed by atoms with Crippen molar-refractivity contribution >= 4 is 23.2 Å². The van der Waals surface area contributed by atoms with Gasteiger partial charge in [-0.3, -0.25) is 9.59 Å². The van der Waals surface area contributed by atoms with E-state index in [0.29, 0.717) is 37.4 Å². The molecule has 32 heavy (non-hydrogen) atoms. The van der Waals surface area contributed by atoms with Crippen molar-refractivity contribution < 1.29 is 9.59 Å². The van der Waals surface area contributed by atoms with Crippen LogP contribution < -0.4 is 0 Å². The Morgan fingerprint density at radius 1 is 0.812 bits per heavy atom. The number of aromatic nitrogens is 3. The molecule has 7 nitrogen and oxygen atoms in total. The van der Waals surface area contributed by atoms with E-state index in [1.54, 1.807) is 26.1 Å². The predicted molar refractivity (Wildman–Crippen MR) is 123 cm³/mol. The molecule has 1 aliphatic rings. The number of carbonyl (C=O) groups excluding carboxylic acids is 2. The Labute approximate surface area is 189 Å². The second kappa shape index (κ2) is 8.76. The van der Waals surface area contributed by atoms with Gasteiger partial charge in [-0.2, -0.15) is 5.10 Å². The topological polar surface area (TPSA) is 71.3 Å². The highest BCUT2D eigenvalue weighted by Crippen LogP contribution is 2.25. The number of hydrogen-bond donors (Lipinski definition) is 0. The molecular weight excluding hydrogens is 422 g/mol. The fourth-order valence-electron chi connectivity index (χ4n) is 3.70. The molecule has 0 atom stereocenters. The van der Waals surface area contributed by atoms with Crippen LogP contribution in [0.3, 0.4) is 0 Å². The monoisotopic (exact) mass is 443 g/mol. The van der Waals surface area contributed by atoms with Crippen LogP contribution in [0.2, 0.25) is 0 Å². The zero-order valence-corrected chi connectivity index (χ0v) is 18.1. The van der Waals surface area contributed by atoms with Gasteiger partial charge in [0.25, 0.3) is 11.8 Å². The molecule has 1 aliphatic heterocycles. The van der Waals surface area contributed by atoms with Gasteiger partial charge in [0.15, 0.2) is 0 Å². The van der Waals surface area contributed by atoms with E-state index in [1.165, 1.54) is 11.3 Å². The van der Waals surface area contributed by atoms with Gasteiger partial charge in [-0.25, -0.2) is 9.67 Å². The minimum atomic E-state index is -0.102. The molecule has 4 aromatic rings. The summed E-state index contributed by atoms with van der Waals surface area (Å²) in [5.74, 6) is -0.0983. The van der Waals surface area contributed by atoms with Crippen molar-refractivity contribution in [1.82, 2.24) is 24.6 Å². The van der Waals surface area contributed by atoms with Crippen LogP contribution in [0, 0.1) is 0 Å². The van der Waals surface area contributed by atoms with Crippen LogP contribution in [0.5, 0.6) is 0 Å². The van der Waals surface area contributed by atoms with Gasteiger partial charge in [0.05, 0.1) is 11.9 Å². The molecule has 5 rings (SSSR count). The lowest BCUT2D eigenvalue weighted by molar-refractivity contribution is 0.0533. The lowest BCUT2D eigenvalue weighted by atomic mass is 10.2. The summed E-state index contributed by atoms with van der Waals surface area (Å²) >= 11 is 1.43. The smallest absolute Gasteiger partial charge is 0.273 e. The molecule has 0 N–H and O–H groups in total. The van der Waals surface area contributed by atoms with Gasteiger partial charge in [0.1, 0.15) is 10.7 Å². The summed E-state index contributed by atoms with van der Waals surface area (Å²) in [6.07, 6.45) is 3.67. The van der Waals surface area contributed by atoms with Crippen molar-refractivity contribution in [3.63, 3.8) is 0 Å². The summed E-state index contributed by atoms with van der Waals surface area (Å²) < 4.78 is 1.79. The molecule has 0 radical (unpaired) electrons. The summed E-state index contributed by atoms with van der Waals surface area (Å²) in [5, 5.41) is 6.96. The third kappa shape index (κ3) is 4.04. The molecule has 0 aliphatic carbocycles. The fraction of sp³-hybridized carbons (Fsp3) is 0.167. The minimum Gasteiger partial charge on any atom is -0.335 e. The number of para-hydroxylation sites is 1. The molecule has 2 amide bonds. The number of thiazole rings is 1. The number of piperazine rings is 1. The molecule has 2 aromatic heterocycles. The first-order chi connectivity index (χ1) is 15.7. The van der Waals surface area contributed by atoms with Crippen molar-refractivity contribution in [2.24, 2.45) is 0 Å². The molecule has 0 unspecified atom stereocenters. The second-order valence-corrected chi connectivity index (χ2v) is 8.36. The zero-order chi connectivity index (χ0) is 21.9. The standard InChI is InChI=1S/C24H21N5O2S/c30-23(18-7-3-1-4-8-18)27-11-13-28(14-12-27)24(31)21-17-32-22(26-21)19-15-25-29(16-19)20-9-5-2-6-10-20/h1-10,15-17H,11-14H2. The number of hydrogen-bond acceptors (Lipinski definition) is 5. The van der Waals surface area contributed by atoms with Crippen LogP contribution in [-0.2, 0) is 0 Å². The maximum Gasteiger partial charge on any atom is 0.273 e. The van der Waals surface area contributed by atoms with Crippen molar-refractivity contribution in [3.8, 4) is 16.3 Å². The summed E-state index contributed by atoms with van der Waals surface area (Å²) in [7, 11) is 0. The van der Waals surface area contributed by atoms with E-state index in [9.17, 15) is 9.59 Å². The second-order valence-electron chi connectivity index (χ2n) is 7.50. The third-order valence-corrected chi connectivity index (χ3v) is 6.34. The first kappa shape index (κ1) is 20.1. The molecular formula is C24H21N5O2S. The Bertz CT molecular complexity index is 1230. The number of nitrogens with zero attached hydrogens (tertiary/aromatic N) is 5. The van der Waals surface area contributed by atoms with Crippen LogP contribution in [0.15, 0.2) is 78.4 Å². The molecule has 1 fully saturated rings. The van der Waals surface area contributed by atoms with Gasteiger partial charge in [0.2, 0.25) is 0 Å². The number of amides is 2. The maximum atomic E-state index is 13.0. The predicted octanol–water partition coefficient (Wildman–Crippen LogP) is 3.59. The Morgan fingerprint density at radius 2 is 1.44 bits per heavy atom. The Hall–Kier alpha value is -3.78. The van der Waals surface area contributed by atoms with Crippen LogP contribution in [0.4, 0.5) is 0 Å². The largest absolute Gasteiger partial charge is 0.335 e. The SMILES string of the molecule is O=C(c1ccccc1)N1CCN(C(=O)c2csc(-c3cnn(-c4ccccc4)c3)n2)CC1. The average Bonchev–Trinajstić information content (AvgIpc) is 3.55. The van der Waals surface area contributed by atoms with Crippen molar-refractivity contribution in [3.05, 3.63) is 89.7 Å². The molecule has 160 valence electrons. The maximum absolute atomic E-state index is 13.0. The number of benzene rings is 2. The van der Waals surface area contributed by atoms with Gasteiger partial charge >= 0.3 is 0 Å². The van der Waals surface area contributed by atoms with E-state index >= 15 is 0 Å². The van der Waals surface area contributed by atoms with Crippen LogP contribution >= 0.6 is 11.3 Å². The third-order valence-electron chi connectivity index (χ3n) is 5.45. The van der Waals surface area contributed by atoms with Crippen molar-refractivity contribution in [1.29, 1.82) is 0 Å². The Morgan fingerprint density at radius 3 is 2.12 bits per heavy atom. The van der Waals surface area contributed by atoms with E-state index in [-0.39, 0.29) is 11.8 Å². The highest BCUT2D eigenvalue weighted by atomic mass is 32.1. The average molecular weight is 444 g/mol. The van der Waals surface area contributed by atoms with Gasteiger partial charge in [-0.15, -0.1) is 11.3 Å². The van der Waals surface area contributed by atoms with Gasteiger partial charge < -0.3 is 9.80 Å². The van der Waals surface area contributed by atoms with Gasteiger partial charge in [-0.1, -0.05) is 36.4 Å². The molecule has 0 bridgehead atoms. The van der Waals surface area contributed by atoms with E-state index in [2.05, 4.69) is 10.1 Å². The highest BCUT2D eigenvalue weighted by Gasteiger charge is 2.26. The summed E-state index contributed by atoms with van der Waals surface area (Å²) in [6.45, 7) is 2.02. The van der Waals surface area contributed by atoms with Gasteiger partial charge in [0, 0.05) is 48.9 Å². The molecule has 1 saturated heterocycles.